The number of halogens is 1. The van der Waals surface area contributed by atoms with Gasteiger partial charge in [-0.1, -0.05) is 39.8 Å². The lowest BCUT2D eigenvalue weighted by molar-refractivity contribution is -0.0208. The van der Waals surface area contributed by atoms with Crippen LogP contribution in [0.15, 0.2) is 18.2 Å². The third-order valence-electron chi connectivity index (χ3n) is 3.23. The van der Waals surface area contributed by atoms with Crippen LogP contribution in [-0.4, -0.2) is 25.4 Å². The molecule has 0 aliphatic rings. The Bertz CT molecular complexity index is 477. The van der Waals surface area contributed by atoms with Crippen LogP contribution in [0.25, 0.3) is 0 Å². The molecule has 0 fully saturated rings. The van der Waals surface area contributed by atoms with Gasteiger partial charge in [-0.05, 0) is 17.9 Å². The number of para-hydroxylation sites is 1. The number of methoxy groups -OCH3 is 1. The van der Waals surface area contributed by atoms with Crippen molar-refractivity contribution < 1.29 is 14.3 Å². The lowest BCUT2D eigenvalue weighted by Gasteiger charge is -2.32. The normalized spacial score (nSPS) is 13.0. The Morgan fingerprint density at radius 3 is 2.48 bits per heavy atom. The fourth-order valence-electron chi connectivity index (χ4n) is 2.32. The van der Waals surface area contributed by atoms with E-state index in [-0.39, 0.29) is 23.2 Å². The van der Waals surface area contributed by atoms with Crippen molar-refractivity contribution in [2.45, 2.75) is 40.2 Å². The summed E-state index contributed by atoms with van der Waals surface area (Å²) in [5, 5.41) is 0. The van der Waals surface area contributed by atoms with Crippen molar-refractivity contribution >= 4 is 17.4 Å². The summed E-state index contributed by atoms with van der Waals surface area (Å²) in [6.45, 7) is 9.08. The summed E-state index contributed by atoms with van der Waals surface area (Å²) in [4.78, 5) is 12.0. The van der Waals surface area contributed by atoms with Crippen LogP contribution < -0.4 is 4.74 Å². The molecule has 21 heavy (non-hydrogen) atoms. The highest BCUT2D eigenvalue weighted by atomic mass is 35.5. The molecule has 0 saturated heterocycles. The number of Topliss-reactive ketones (excluding diaryl/α,β-unsaturated/α-hetero) is 1. The number of benzene rings is 1. The maximum absolute atomic E-state index is 12.0. The lowest BCUT2D eigenvalue weighted by atomic mass is 9.83. The maximum atomic E-state index is 12.0. The lowest BCUT2D eigenvalue weighted by Crippen LogP contribution is -2.23. The van der Waals surface area contributed by atoms with E-state index >= 15 is 0 Å². The molecule has 1 atom stereocenters. The molecule has 0 N–H and O–H groups in total. The van der Waals surface area contributed by atoms with Crippen LogP contribution in [0, 0.1) is 5.41 Å². The summed E-state index contributed by atoms with van der Waals surface area (Å²) in [6.07, 6.45) is 0.797. The molecule has 3 nitrogen and oxygen atoms in total. The SMILES string of the molecule is CCCO[C@H](c1cccc(C(=O)CCl)c1OC)C(C)(C)C. The molecule has 0 aliphatic heterocycles. The van der Waals surface area contributed by atoms with E-state index in [1.165, 1.54) is 0 Å². The van der Waals surface area contributed by atoms with Gasteiger partial charge >= 0.3 is 0 Å². The number of carbonyl (C=O) groups is 1. The Morgan fingerprint density at radius 2 is 2.00 bits per heavy atom. The van der Waals surface area contributed by atoms with Crippen LogP contribution in [0.5, 0.6) is 5.75 Å². The van der Waals surface area contributed by atoms with Gasteiger partial charge in [0.25, 0.3) is 0 Å². The fraction of sp³-hybridized carbons (Fsp3) is 0.588. The van der Waals surface area contributed by atoms with Crippen molar-refractivity contribution in [2.75, 3.05) is 19.6 Å². The quantitative estimate of drug-likeness (QED) is 0.544. The summed E-state index contributed by atoms with van der Waals surface area (Å²) < 4.78 is 11.5. The second-order valence-electron chi connectivity index (χ2n) is 6.10. The predicted molar refractivity (Wildman–Crippen MR) is 86.5 cm³/mol. The van der Waals surface area contributed by atoms with Crippen LogP contribution in [0.4, 0.5) is 0 Å². The van der Waals surface area contributed by atoms with Crippen molar-refractivity contribution in [1.82, 2.24) is 0 Å². The number of carbonyl (C=O) groups excluding carboxylic acids is 1. The first kappa shape index (κ1) is 18.0. The Hall–Kier alpha value is -1.06. The van der Waals surface area contributed by atoms with Gasteiger partial charge < -0.3 is 9.47 Å². The predicted octanol–water partition coefficient (Wildman–Crippen LogP) is 4.63. The molecule has 0 aliphatic carbocycles. The minimum atomic E-state index is -0.143. The molecule has 0 amide bonds. The molecular weight excluding hydrogens is 288 g/mol. The molecule has 0 unspecified atom stereocenters. The summed E-state index contributed by atoms with van der Waals surface area (Å²) in [7, 11) is 1.57. The van der Waals surface area contributed by atoms with Gasteiger partial charge in [-0.3, -0.25) is 4.79 Å². The molecule has 0 saturated carbocycles. The molecule has 0 aromatic heterocycles. The number of hydrogen-bond donors (Lipinski definition) is 0. The van der Waals surface area contributed by atoms with Gasteiger partial charge in [-0.15, -0.1) is 11.6 Å². The van der Waals surface area contributed by atoms with E-state index in [2.05, 4.69) is 27.7 Å². The Kier molecular flexibility index (Phi) is 6.69. The van der Waals surface area contributed by atoms with E-state index in [1.54, 1.807) is 13.2 Å². The first-order chi connectivity index (χ1) is 9.86. The topological polar surface area (TPSA) is 35.5 Å². The Balaban J connectivity index is 3.34. The van der Waals surface area contributed by atoms with E-state index < -0.39 is 0 Å². The second kappa shape index (κ2) is 7.81. The highest BCUT2D eigenvalue weighted by Crippen LogP contribution is 2.41. The van der Waals surface area contributed by atoms with Gasteiger partial charge in [-0.2, -0.15) is 0 Å². The van der Waals surface area contributed by atoms with E-state index in [0.717, 1.165) is 12.0 Å². The molecular formula is C17H25ClO3. The molecule has 1 aromatic carbocycles. The van der Waals surface area contributed by atoms with Crippen LogP contribution >= 0.6 is 11.6 Å². The molecule has 1 aromatic rings. The number of ether oxygens (including phenoxy) is 2. The second-order valence-corrected chi connectivity index (χ2v) is 6.37. The molecule has 0 heterocycles. The van der Waals surface area contributed by atoms with E-state index in [0.29, 0.717) is 17.9 Å². The molecule has 0 spiro atoms. The van der Waals surface area contributed by atoms with Crippen LogP contribution in [0.3, 0.4) is 0 Å². The number of rotatable bonds is 7. The zero-order chi connectivity index (χ0) is 16.0. The molecule has 0 radical (unpaired) electrons. The third-order valence-corrected chi connectivity index (χ3v) is 3.47. The van der Waals surface area contributed by atoms with Crippen LogP contribution in [0.2, 0.25) is 0 Å². The minimum Gasteiger partial charge on any atom is -0.496 e. The standard InChI is InChI=1S/C17H25ClO3/c1-6-10-21-16(17(2,3)4)13-9-7-8-12(14(19)11-18)15(13)20-5/h7-9,16H,6,10-11H2,1-5H3/t16-/m1/s1. The summed E-state index contributed by atoms with van der Waals surface area (Å²) in [5.41, 5.74) is 1.30. The van der Waals surface area contributed by atoms with E-state index in [1.807, 2.05) is 12.1 Å². The van der Waals surface area contributed by atoms with Gasteiger partial charge in [0.15, 0.2) is 5.78 Å². The third kappa shape index (κ3) is 4.45. The smallest absolute Gasteiger partial charge is 0.181 e. The van der Waals surface area contributed by atoms with Crippen molar-refractivity contribution in [3.05, 3.63) is 29.3 Å². The average Bonchev–Trinajstić information content (AvgIpc) is 2.45. The van der Waals surface area contributed by atoms with Crippen molar-refractivity contribution in [3.8, 4) is 5.75 Å². The summed E-state index contributed by atoms with van der Waals surface area (Å²) in [5.74, 6) is 0.369. The largest absolute Gasteiger partial charge is 0.496 e. The summed E-state index contributed by atoms with van der Waals surface area (Å²) in [6, 6.07) is 5.55. The molecule has 118 valence electrons. The van der Waals surface area contributed by atoms with E-state index in [9.17, 15) is 4.79 Å². The van der Waals surface area contributed by atoms with Gasteiger partial charge in [0.1, 0.15) is 5.75 Å². The van der Waals surface area contributed by atoms with E-state index in [4.69, 9.17) is 21.1 Å². The zero-order valence-electron chi connectivity index (χ0n) is 13.5. The van der Waals surface area contributed by atoms with Gasteiger partial charge in [0, 0.05) is 12.2 Å². The van der Waals surface area contributed by atoms with Gasteiger partial charge in [-0.25, -0.2) is 0 Å². The summed E-state index contributed by atoms with van der Waals surface area (Å²) >= 11 is 5.68. The van der Waals surface area contributed by atoms with Crippen molar-refractivity contribution in [1.29, 1.82) is 0 Å². The molecule has 4 heteroatoms. The number of ketones is 1. The van der Waals surface area contributed by atoms with Crippen molar-refractivity contribution in [2.24, 2.45) is 5.41 Å². The van der Waals surface area contributed by atoms with Gasteiger partial charge in [0.05, 0.1) is 24.7 Å². The van der Waals surface area contributed by atoms with Gasteiger partial charge in [0.2, 0.25) is 0 Å². The highest BCUT2D eigenvalue weighted by Gasteiger charge is 2.31. The van der Waals surface area contributed by atoms with Crippen molar-refractivity contribution in [3.63, 3.8) is 0 Å². The first-order valence-corrected chi connectivity index (χ1v) is 7.77. The first-order valence-electron chi connectivity index (χ1n) is 7.24. The number of alkyl halides is 1. The minimum absolute atomic E-state index is 0.0597. The fourth-order valence-corrected chi connectivity index (χ4v) is 2.47. The molecule has 1 rings (SSSR count). The average molecular weight is 313 g/mol. The maximum Gasteiger partial charge on any atom is 0.181 e. The van der Waals surface area contributed by atoms with Crippen LogP contribution in [0.1, 0.15) is 56.1 Å². The number of hydrogen-bond acceptors (Lipinski definition) is 3. The molecule has 0 bridgehead atoms. The monoisotopic (exact) mass is 312 g/mol. The zero-order valence-corrected chi connectivity index (χ0v) is 14.3. The van der Waals surface area contributed by atoms with Crippen LogP contribution in [-0.2, 0) is 4.74 Å². The Morgan fingerprint density at radius 1 is 1.33 bits per heavy atom. The Labute approximate surface area is 132 Å². The highest BCUT2D eigenvalue weighted by molar-refractivity contribution is 6.30.